The van der Waals surface area contributed by atoms with Crippen LogP contribution in [-0.4, -0.2) is 11.6 Å². The Morgan fingerprint density at radius 1 is 1.00 bits per heavy atom. The van der Waals surface area contributed by atoms with E-state index in [1.807, 2.05) is 0 Å². The number of nitrogens with zero attached hydrogens (tertiary/aromatic N) is 4. The van der Waals surface area contributed by atoms with Gasteiger partial charge in [0.05, 0.1) is 18.2 Å². The minimum Gasteiger partial charge on any atom is -0.198 e. The highest BCUT2D eigenvalue weighted by Crippen LogP contribution is 2.33. The minimum absolute atomic E-state index is 0.132. The lowest BCUT2D eigenvalue weighted by Crippen LogP contribution is -2.27. The van der Waals surface area contributed by atoms with Crippen LogP contribution in [0.5, 0.6) is 0 Å². The molecule has 0 heterocycles. The molecule has 2 atom stereocenters. The molecule has 4 nitrogen and oxygen atoms in total. The molecule has 2 saturated carbocycles. The molecule has 2 unspecified atom stereocenters. The van der Waals surface area contributed by atoms with Gasteiger partial charge in [0.15, 0.2) is 5.54 Å². The zero-order chi connectivity index (χ0) is 12.8. The molecular formula is C14H20N4. The third-order valence-electron chi connectivity index (χ3n) is 4.13. The van der Waals surface area contributed by atoms with Crippen molar-refractivity contribution in [2.45, 2.75) is 69.4 Å². The Bertz CT molecular complexity index is 382. The second-order valence-corrected chi connectivity index (χ2v) is 5.57. The van der Waals surface area contributed by atoms with Gasteiger partial charge in [-0.1, -0.05) is 6.42 Å². The molecule has 0 bridgehead atoms. The molecule has 2 aliphatic carbocycles. The second kappa shape index (κ2) is 5.96. The molecule has 4 heteroatoms. The fraction of sp³-hybridized carbons (Fsp3) is 0.857. The van der Waals surface area contributed by atoms with Crippen LogP contribution in [0.4, 0.5) is 0 Å². The average molecular weight is 244 g/mol. The summed E-state index contributed by atoms with van der Waals surface area (Å²) < 4.78 is 0. The summed E-state index contributed by atoms with van der Waals surface area (Å²) in [6, 6.07) is 4.85. The maximum absolute atomic E-state index is 9.31. The van der Waals surface area contributed by atoms with E-state index in [9.17, 15) is 5.26 Å². The molecule has 18 heavy (non-hydrogen) atoms. The first kappa shape index (κ1) is 13.0. The van der Waals surface area contributed by atoms with Crippen molar-refractivity contribution in [1.29, 1.82) is 10.5 Å². The predicted molar refractivity (Wildman–Crippen MR) is 67.6 cm³/mol. The van der Waals surface area contributed by atoms with Gasteiger partial charge in [0.1, 0.15) is 0 Å². The summed E-state index contributed by atoms with van der Waals surface area (Å²) in [5.41, 5.74) is -0.558. The van der Waals surface area contributed by atoms with E-state index in [0.717, 1.165) is 51.4 Å². The molecule has 2 rings (SSSR count). The van der Waals surface area contributed by atoms with Crippen LogP contribution < -0.4 is 0 Å². The Hall–Kier alpha value is -1.42. The molecule has 0 aromatic heterocycles. The minimum atomic E-state index is -0.558. The van der Waals surface area contributed by atoms with Gasteiger partial charge in [-0.3, -0.25) is 0 Å². The maximum atomic E-state index is 9.31. The van der Waals surface area contributed by atoms with Crippen LogP contribution in [0.3, 0.4) is 0 Å². The second-order valence-electron chi connectivity index (χ2n) is 5.57. The molecule has 0 spiro atoms. The van der Waals surface area contributed by atoms with Crippen molar-refractivity contribution in [2.24, 2.45) is 16.1 Å². The number of hydrogen-bond donors (Lipinski definition) is 0. The van der Waals surface area contributed by atoms with Crippen LogP contribution >= 0.6 is 0 Å². The number of rotatable bonds is 2. The Morgan fingerprint density at radius 3 is 2.44 bits per heavy atom. The first-order valence-electron chi connectivity index (χ1n) is 7.01. The standard InChI is InChI=1S/C14H20N4/c15-10-12-5-4-6-13(9-12)17-18-14(11-16)7-2-1-3-8-14/h12-13H,1-9H2. The van der Waals surface area contributed by atoms with Crippen molar-refractivity contribution in [1.82, 2.24) is 0 Å². The van der Waals surface area contributed by atoms with Crippen molar-refractivity contribution in [2.75, 3.05) is 0 Å². The van der Waals surface area contributed by atoms with Gasteiger partial charge in [-0.25, -0.2) is 0 Å². The van der Waals surface area contributed by atoms with E-state index in [0.29, 0.717) is 0 Å². The van der Waals surface area contributed by atoms with Crippen LogP contribution in [0.25, 0.3) is 0 Å². The Labute approximate surface area is 109 Å². The van der Waals surface area contributed by atoms with E-state index >= 15 is 0 Å². The normalized spacial score (nSPS) is 31.7. The van der Waals surface area contributed by atoms with Crippen molar-refractivity contribution in [3.63, 3.8) is 0 Å². The van der Waals surface area contributed by atoms with Gasteiger partial charge in [0.25, 0.3) is 0 Å². The first-order chi connectivity index (χ1) is 8.78. The lowest BCUT2D eigenvalue weighted by Gasteiger charge is -2.27. The van der Waals surface area contributed by atoms with Crippen LogP contribution in [-0.2, 0) is 0 Å². The lowest BCUT2D eigenvalue weighted by molar-refractivity contribution is 0.324. The van der Waals surface area contributed by atoms with Gasteiger partial charge in [0, 0.05) is 5.92 Å². The lowest BCUT2D eigenvalue weighted by atomic mass is 9.83. The summed E-state index contributed by atoms with van der Waals surface area (Å²) in [7, 11) is 0. The Morgan fingerprint density at radius 2 is 1.78 bits per heavy atom. The highest BCUT2D eigenvalue weighted by atomic mass is 15.2. The van der Waals surface area contributed by atoms with E-state index in [2.05, 4.69) is 22.4 Å². The smallest absolute Gasteiger partial charge is 0.167 e. The monoisotopic (exact) mass is 244 g/mol. The van der Waals surface area contributed by atoms with Crippen LogP contribution in [0.2, 0.25) is 0 Å². The van der Waals surface area contributed by atoms with Crippen molar-refractivity contribution < 1.29 is 0 Å². The summed E-state index contributed by atoms with van der Waals surface area (Å²) >= 11 is 0. The molecule has 0 N–H and O–H groups in total. The van der Waals surface area contributed by atoms with Crippen molar-refractivity contribution in [3.05, 3.63) is 0 Å². The number of hydrogen-bond acceptors (Lipinski definition) is 4. The molecule has 0 radical (unpaired) electrons. The summed E-state index contributed by atoms with van der Waals surface area (Å²) in [4.78, 5) is 0. The molecule has 0 aliphatic heterocycles. The summed E-state index contributed by atoms with van der Waals surface area (Å²) in [6.07, 6.45) is 8.95. The van der Waals surface area contributed by atoms with Crippen LogP contribution in [0, 0.1) is 28.6 Å². The molecule has 0 saturated heterocycles. The maximum Gasteiger partial charge on any atom is 0.167 e. The fourth-order valence-corrected chi connectivity index (χ4v) is 2.95. The van der Waals surface area contributed by atoms with Gasteiger partial charge in [-0.2, -0.15) is 20.8 Å². The zero-order valence-electron chi connectivity index (χ0n) is 10.8. The molecule has 0 aromatic carbocycles. The predicted octanol–water partition coefficient (Wildman–Crippen LogP) is 3.75. The van der Waals surface area contributed by atoms with Crippen LogP contribution in [0.1, 0.15) is 57.8 Å². The SMILES string of the molecule is N#CC1CCCC(N=NC2(C#N)CCCCC2)C1. The van der Waals surface area contributed by atoms with Crippen molar-refractivity contribution in [3.8, 4) is 12.1 Å². The molecule has 2 fully saturated rings. The van der Waals surface area contributed by atoms with E-state index in [4.69, 9.17) is 5.26 Å². The molecule has 0 aromatic rings. The Balaban J connectivity index is 1.97. The highest BCUT2D eigenvalue weighted by molar-refractivity contribution is 5.08. The molecule has 2 aliphatic rings. The van der Waals surface area contributed by atoms with E-state index < -0.39 is 5.54 Å². The third-order valence-corrected chi connectivity index (χ3v) is 4.13. The Kier molecular flexibility index (Phi) is 4.31. The quantitative estimate of drug-likeness (QED) is 0.694. The van der Waals surface area contributed by atoms with E-state index in [1.165, 1.54) is 6.42 Å². The van der Waals surface area contributed by atoms with Gasteiger partial charge in [-0.05, 0) is 51.4 Å². The molecule has 0 amide bonds. The molecular weight excluding hydrogens is 224 g/mol. The van der Waals surface area contributed by atoms with Gasteiger partial charge >= 0.3 is 0 Å². The van der Waals surface area contributed by atoms with Gasteiger partial charge < -0.3 is 0 Å². The summed E-state index contributed by atoms with van der Waals surface area (Å²) in [5.74, 6) is 0.132. The first-order valence-corrected chi connectivity index (χ1v) is 7.01. The fourth-order valence-electron chi connectivity index (χ4n) is 2.95. The van der Waals surface area contributed by atoms with Gasteiger partial charge in [-0.15, -0.1) is 0 Å². The molecule has 96 valence electrons. The van der Waals surface area contributed by atoms with Crippen molar-refractivity contribution >= 4 is 0 Å². The van der Waals surface area contributed by atoms with E-state index in [1.54, 1.807) is 0 Å². The average Bonchev–Trinajstić information content (AvgIpc) is 2.46. The third kappa shape index (κ3) is 3.07. The number of azo groups is 1. The zero-order valence-corrected chi connectivity index (χ0v) is 10.8. The summed E-state index contributed by atoms with van der Waals surface area (Å²) in [5, 5.41) is 27.0. The topological polar surface area (TPSA) is 72.3 Å². The highest BCUT2D eigenvalue weighted by Gasteiger charge is 2.32. The van der Waals surface area contributed by atoms with Gasteiger partial charge in [0.2, 0.25) is 0 Å². The van der Waals surface area contributed by atoms with Crippen LogP contribution in [0.15, 0.2) is 10.2 Å². The van der Waals surface area contributed by atoms with E-state index in [-0.39, 0.29) is 12.0 Å². The summed E-state index contributed by atoms with van der Waals surface area (Å²) in [6.45, 7) is 0. The largest absolute Gasteiger partial charge is 0.198 e. The number of nitriles is 2.